The molecule has 2 fully saturated rings. The summed E-state index contributed by atoms with van der Waals surface area (Å²) in [6.07, 6.45) is 7.09. The fraction of sp³-hybridized carbons (Fsp3) is 0.609. The molecule has 0 radical (unpaired) electrons. The van der Waals surface area contributed by atoms with Crippen LogP contribution in [-0.2, 0) is 11.2 Å². The summed E-state index contributed by atoms with van der Waals surface area (Å²) in [4.78, 5) is 19.5. The van der Waals surface area contributed by atoms with Crippen molar-refractivity contribution in [2.75, 3.05) is 33.9 Å². The Labute approximate surface area is 183 Å². The summed E-state index contributed by atoms with van der Waals surface area (Å²) in [5.41, 5.74) is 0.770. The summed E-state index contributed by atoms with van der Waals surface area (Å²) < 4.78 is 15.9. The second-order valence-corrected chi connectivity index (χ2v) is 8.39. The molecule has 1 amide bonds. The minimum Gasteiger partial charge on any atom is -0.493 e. The predicted molar refractivity (Wildman–Crippen MR) is 116 cm³/mol. The number of carbonyl (C=O) groups is 1. The van der Waals surface area contributed by atoms with Crippen molar-refractivity contribution in [2.45, 2.75) is 51.0 Å². The fourth-order valence-corrected chi connectivity index (χ4v) is 4.82. The van der Waals surface area contributed by atoms with Crippen LogP contribution in [-0.4, -0.2) is 60.8 Å². The van der Waals surface area contributed by atoms with Crippen LogP contribution in [0.1, 0.15) is 44.4 Å². The highest BCUT2D eigenvalue weighted by Crippen LogP contribution is 2.32. The first kappa shape index (κ1) is 21.6. The molecule has 2 saturated heterocycles. The highest BCUT2D eigenvalue weighted by atomic mass is 16.5. The van der Waals surface area contributed by atoms with Crippen molar-refractivity contribution in [3.05, 3.63) is 24.1 Å². The van der Waals surface area contributed by atoms with E-state index in [0.717, 1.165) is 12.1 Å². The van der Waals surface area contributed by atoms with Gasteiger partial charge in [0.1, 0.15) is 0 Å². The first-order chi connectivity index (χ1) is 15.2. The van der Waals surface area contributed by atoms with E-state index in [0.29, 0.717) is 48.0 Å². The van der Waals surface area contributed by atoms with Gasteiger partial charge in [-0.1, -0.05) is 11.6 Å². The van der Waals surface area contributed by atoms with E-state index in [4.69, 9.17) is 14.0 Å². The van der Waals surface area contributed by atoms with Crippen molar-refractivity contribution in [1.29, 1.82) is 0 Å². The molecule has 8 nitrogen and oxygen atoms in total. The lowest BCUT2D eigenvalue weighted by Gasteiger charge is -2.44. The summed E-state index contributed by atoms with van der Waals surface area (Å²) >= 11 is 0. The Hall–Kier alpha value is -2.61. The maximum absolute atomic E-state index is 12.4. The minimum atomic E-state index is 0.0406. The highest BCUT2D eigenvalue weighted by molar-refractivity contribution is 5.76. The van der Waals surface area contributed by atoms with E-state index in [1.54, 1.807) is 26.4 Å². The number of amides is 1. The molecule has 31 heavy (non-hydrogen) atoms. The van der Waals surface area contributed by atoms with E-state index in [9.17, 15) is 4.79 Å². The molecule has 2 aliphatic rings. The summed E-state index contributed by atoms with van der Waals surface area (Å²) in [6.45, 7) is 3.20. The molecule has 4 rings (SSSR count). The van der Waals surface area contributed by atoms with Gasteiger partial charge in [0.15, 0.2) is 11.5 Å². The number of benzene rings is 1. The standard InChI is InChI=1S/C23H32N4O4/c1-29-19-9-8-16(14-20(19)30-2)23-25-22(31-26-23)11-10-21(28)24-15-17-6-5-13-27-12-4-3-7-18(17)27/h8-9,14,17-18H,3-7,10-13,15H2,1-2H3,(H,24,28)/t17-,18-/m0/s1. The number of hydrogen-bond donors (Lipinski definition) is 1. The molecule has 2 atom stereocenters. The van der Waals surface area contributed by atoms with Crippen LogP contribution in [0.25, 0.3) is 11.4 Å². The first-order valence-corrected chi connectivity index (χ1v) is 11.2. The van der Waals surface area contributed by atoms with Gasteiger partial charge in [0.25, 0.3) is 0 Å². The van der Waals surface area contributed by atoms with Crippen LogP contribution in [0.3, 0.4) is 0 Å². The number of methoxy groups -OCH3 is 2. The Morgan fingerprint density at radius 3 is 2.84 bits per heavy atom. The molecule has 0 spiro atoms. The molecule has 0 unspecified atom stereocenters. The van der Waals surface area contributed by atoms with Gasteiger partial charge in [-0.2, -0.15) is 4.98 Å². The van der Waals surface area contributed by atoms with Crippen molar-refractivity contribution in [3.8, 4) is 22.9 Å². The number of piperidine rings is 2. The molecule has 1 aromatic heterocycles. The van der Waals surface area contributed by atoms with E-state index < -0.39 is 0 Å². The zero-order valence-corrected chi connectivity index (χ0v) is 18.4. The lowest BCUT2D eigenvalue weighted by Crippen LogP contribution is -2.51. The van der Waals surface area contributed by atoms with Crippen molar-refractivity contribution in [3.63, 3.8) is 0 Å². The van der Waals surface area contributed by atoms with Crippen LogP contribution in [0.4, 0.5) is 0 Å². The van der Waals surface area contributed by atoms with E-state index in [1.807, 2.05) is 6.07 Å². The fourth-order valence-electron chi connectivity index (χ4n) is 4.82. The van der Waals surface area contributed by atoms with Gasteiger partial charge in [-0.05, 0) is 62.9 Å². The molecule has 0 aliphatic carbocycles. The quantitative estimate of drug-likeness (QED) is 0.691. The lowest BCUT2D eigenvalue weighted by molar-refractivity contribution is -0.121. The van der Waals surface area contributed by atoms with Gasteiger partial charge in [-0.3, -0.25) is 4.79 Å². The number of carbonyl (C=O) groups excluding carboxylic acids is 1. The zero-order valence-electron chi connectivity index (χ0n) is 18.4. The van der Waals surface area contributed by atoms with Gasteiger partial charge in [0.05, 0.1) is 14.2 Å². The Morgan fingerprint density at radius 2 is 2.00 bits per heavy atom. The number of fused-ring (bicyclic) bond motifs is 1. The zero-order chi connectivity index (χ0) is 21.6. The summed E-state index contributed by atoms with van der Waals surface area (Å²) in [7, 11) is 3.18. The van der Waals surface area contributed by atoms with Crippen LogP contribution in [0, 0.1) is 5.92 Å². The van der Waals surface area contributed by atoms with E-state index in [2.05, 4.69) is 20.4 Å². The number of nitrogens with zero attached hydrogens (tertiary/aromatic N) is 3. The first-order valence-electron chi connectivity index (χ1n) is 11.2. The lowest BCUT2D eigenvalue weighted by atomic mass is 9.83. The molecule has 2 aromatic rings. The number of aromatic nitrogens is 2. The molecule has 8 heteroatoms. The topological polar surface area (TPSA) is 89.7 Å². The van der Waals surface area contributed by atoms with Crippen LogP contribution >= 0.6 is 0 Å². The second kappa shape index (κ2) is 10.1. The van der Waals surface area contributed by atoms with Crippen LogP contribution in [0.5, 0.6) is 11.5 Å². The van der Waals surface area contributed by atoms with Crippen LogP contribution in [0.15, 0.2) is 22.7 Å². The molecule has 1 aromatic carbocycles. The van der Waals surface area contributed by atoms with E-state index >= 15 is 0 Å². The van der Waals surface area contributed by atoms with Gasteiger partial charge in [0, 0.05) is 31.0 Å². The molecule has 1 N–H and O–H groups in total. The Balaban J connectivity index is 1.27. The average molecular weight is 429 g/mol. The molecule has 168 valence electrons. The molecule has 3 heterocycles. The number of ether oxygens (including phenoxy) is 2. The SMILES string of the molecule is COc1ccc(-c2noc(CCC(=O)NC[C@@H]3CCCN4CCCC[C@@H]34)n2)cc1OC. The molecular weight excluding hydrogens is 396 g/mol. The maximum atomic E-state index is 12.4. The second-order valence-electron chi connectivity index (χ2n) is 8.39. The molecule has 0 bridgehead atoms. The van der Waals surface area contributed by atoms with Crippen molar-refractivity contribution >= 4 is 5.91 Å². The van der Waals surface area contributed by atoms with Gasteiger partial charge < -0.3 is 24.2 Å². The van der Waals surface area contributed by atoms with Crippen molar-refractivity contribution < 1.29 is 18.8 Å². The van der Waals surface area contributed by atoms with Crippen LogP contribution in [0.2, 0.25) is 0 Å². The summed E-state index contributed by atoms with van der Waals surface area (Å²) in [6, 6.07) is 6.10. The van der Waals surface area contributed by atoms with Gasteiger partial charge in [0.2, 0.25) is 17.6 Å². The monoisotopic (exact) mass is 428 g/mol. The molecular formula is C23H32N4O4. The molecule has 0 saturated carbocycles. The van der Waals surface area contributed by atoms with Gasteiger partial charge in [-0.25, -0.2) is 0 Å². The smallest absolute Gasteiger partial charge is 0.227 e. The normalized spacial score (nSPS) is 21.4. The number of nitrogens with one attached hydrogen (secondary N) is 1. The van der Waals surface area contributed by atoms with E-state index in [-0.39, 0.29) is 5.91 Å². The van der Waals surface area contributed by atoms with Crippen LogP contribution < -0.4 is 14.8 Å². The Bertz CT molecular complexity index is 882. The Kier molecular flexibility index (Phi) is 7.06. The largest absolute Gasteiger partial charge is 0.493 e. The van der Waals surface area contributed by atoms with Gasteiger partial charge in [-0.15, -0.1) is 0 Å². The number of aryl methyl sites for hydroxylation is 1. The summed E-state index contributed by atoms with van der Waals surface area (Å²) in [5.74, 6) is 2.77. The van der Waals surface area contributed by atoms with Crippen molar-refractivity contribution in [2.24, 2.45) is 5.92 Å². The maximum Gasteiger partial charge on any atom is 0.227 e. The summed E-state index contributed by atoms with van der Waals surface area (Å²) in [5, 5.41) is 7.18. The highest BCUT2D eigenvalue weighted by Gasteiger charge is 2.32. The predicted octanol–water partition coefficient (Wildman–Crippen LogP) is 3.07. The minimum absolute atomic E-state index is 0.0406. The average Bonchev–Trinajstić information content (AvgIpc) is 3.30. The Morgan fingerprint density at radius 1 is 1.16 bits per heavy atom. The third kappa shape index (κ3) is 5.18. The third-order valence-electron chi connectivity index (χ3n) is 6.47. The number of hydrogen-bond acceptors (Lipinski definition) is 7. The molecule has 2 aliphatic heterocycles. The van der Waals surface area contributed by atoms with Crippen molar-refractivity contribution in [1.82, 2.24) is 20.4 Å². The van der Waals surface area contributed by atoms with Gasteiger partial charge >= 0.3 is 0 Å². The van der Waals surface area contributed by atoms with E-state index in [1.165, 1.54) is 45.2 Å². The number of rotatable bonds is 8. The third-order valence-corrected chi connectivity index (χ3v) is 6.47.